The highest BCUT2D eigenvalue weighted by Gasteiger charge is 2.48. The molecule has 0 spiro atoms. The van der Waals surface area contributed by atoms with Crippen LogP contribution in [-0.4, -0.2) is 17.6 Å². The molecule has 3 nitrogen and oxygen atoms in total. The third kappa shape index (κ3) is 5.02. The Morgan fingerprint density at radius 1 is 1.09 bits per heavy atom. The lowest BCUT2D eigenvalue weighted by Gasteiger charge is -2.40. The van der Waals surface area contributed by atoms with Crippen LogP contribution < -0.4 is 10.1 Å². The minimum absolute atomic E-state index is 0.108. The summed E-state index contributed by atoms with van der Waals surface area (Å²) in [5.41, 5.74) is 3.07. The molecule has 5 rings (SSSR count). The Morgan fingerprint density at radius 2 is 1.82 bits per heavy atom. The molecule has 1 aliphatic heterocycles. The number of fused-ring (bicyclic) bond motifs is 3. The van der Waals surface area contributed by atoms with Crippen LogP contribution in [0.25, 0.3) is 0 Å². The van der Waals surface area contributed by atoms with Crippen molar-refractivity contribution >= 4 is 35.0 Å². The number of halogens is 3. The number of benzene rings is 2. The maximum Gasteiger partial charge on any atom is 0.213 e. The third-order valence-corrected chi connectivity index (χ3v) is 8.35. The fraction of sp³-hybridized carbons (Fsp3) is 0.346. The molecule has 0 bridgehead atoms. The molecule has 0 radical (unpaired) electrons. The molecule has 33 heavy (non-hydrogen) atoms. The zero-order chi connectivity index (χ0) is 23.4. The molecular formula is C26H27Cl2FN2OS. The van der Waals surface area contributed by atoms with Gasteiger partial charge in [0.1, 0.15) is 12.4 Å². The number of hydrogen-bond donors (Lipinski definition) is 1. The molecule has 2 heterocycles. The van der Waals surface area contributed by atoms with Crippen molar-refractivity contribution < 1.29 is 9.13 Å². The van der Waals surface area contributed by atoms with E-state index in [0.29, 0.717) is 22.0 Å². The van der Waals surface area contributed by atoms with E-state index in [9.17, 15) is 4.39 Å². The fourth-order valence-corrected chi connectivity index (χ4v) is 6.60. The normalized spacial score (nSPS) is 20.9. The van der Waals surface area contributed by atoms with Gasteiger partial charge in [-0.2, -0.15) is 0 Å². The maximum absolute atomic E-state index is 13.4. The van der Waals surface area contributed by atoms with Gasteiger partial charge >= 0.3 is 0 Å². The van der Waals surface area contributed by atoms with Gasteiger partial charge in [0, 0.05) is 38.3 Å². The number of pyridine rings is 1. The Kier molecular flexibility index (Phi) is 7.85. The quantitative estimate of drug-likeness (QED) is 0.391. The largest absolute Gasteiger partial charge is 0.473 e. The average Bonchev–Trinajstić information content (AvgIpc) is 3.25. The van der Waals surface area contributed by atoms with Crippen molar-refractivity contribution in [3.63, 3.8) is 0 Å². The van der Waals surface area contributed by atoms with Gasteiger partial charge in [0.25, 0.3) is 0 Å². The molecule has 1 aliphatic carbocycles. The molecule has 3 aromatic rings. The summed E-state index contributed by atoms with van der Waals surface area (Å²) in [6, 6.07) is 16.6. The summed E-state index contributed by atoms with van der Waals surface area (Å²) in [5.74, 6) is 0.357. The summed E-state index contributed by atoms with van der Waals surface area (Å²) in [6.45, 7) is 5.23. The minimum Gasteiger partial charge on any atom is -0.473 e. The van der Waals surface area contributed by atoms with E-state index in [1.807, 2.05) is 49.9 Å². The minimum atomic E-state index is -0.214. The van der Waals surface area contributed by atoms with Crippen molar-refractivity contribution in [2.24, 2.45) is 0 Å². The van der Waals surface area contributed by atoms with Gasteiger partial charge in [0.05, 0.1) is 4.75 Å². The second kappa shape index (κ2) is 10.6. The Labute approximate surface area is 209 Å². The average molecular weight is 505 g/mol. The van der Waals surface area contributed by atoms with Gasteiger partial charge in [-0.3, -0.25) is 0 Å². The van der Waals surface area contributed by atoms with Gasteiger partial charge in [-0.05, 0) is 67.8 Å². The van der Waals surface area contributed by atoms with Crippen LogP contribution in [-0.2, 0) is 17.8 Å². The van der Waals surface area contributed by atoms with E-state index in [0.717, 1.165) is 42.0 Å². The first-order valence-corrected chi connectivity index (χ1v) is 12.9. The zero-order valence-corrected chi connectivity index (χ0v) is 21.0. The lowest BCUT2D eigenvalue weighted by atomic mass is 9.81. The predicted octanol–water partition coefficient (Wildman–Crippen LogP) is 7.43. The van der Waals surface area contributed by atoms with Gasteiger partial charge in [0.15, 0.2) is 0 Å². The lowest BCUT2D eigenvalue weighted by molar-refractivity contribution is 0.291. The van der Waals surface area contributed by atoms with Crippen LogP contribution in [0.15, 0.2) is 59.5 Å². The monoisotopic (exact) mass is 504 g/mol. The van der Waals surface area contributed by atoms with Gasteiger partial charge in [-0.1, -0.05) is 49.2 Å². The molecule has 7 heteroatoms. The molecule has 2 aromatic carbocycles. The van der Waals surface area contributed by atoms with Crippen LogP contribution >= 0.6 is 35.0 Å². The van der Waals surface area contributed by atoms with E-state index in [2.05, 4.69) is 11.4 Å². The third-order valence-electron chi connectivity index (χ3n) is 6.06. The van der Waals surface area contributed by atoms with E-state index < -0.39 is 0 Å². The van der Waals surface area contributed by atoms with Gasteiger partial charge in [-0.25, -0.2) is 9.37 Å². The van der Waals surface area contributed by atoms with Gasteiger partial charge < -0.3 is 10.1 Å². The maximum atomic E-state index is 13.4. The first-order valence-electron chi connectivity index (χ1n) is 11.3. The molecule has 1 saturated heterocycles. The zero-order valence-electron chi connectivity index (χ0n) is 18.7. The molecule has 2 atom stereocenters. The SMILES string of the molecule is CC.Fc1ccc(SC23CCNC2CCc2nc(OCc4c(Cl)cccc4Cl)ccc23)cc1. The summed E-state index contributed by atoms with van der Waals surface area (Å²) < 4.78 is 19.2. The van der Waals surface area contributed by atoms with Crippen molar-refractivity contribution in [2.75, 3.05) is 6.54 Å². The molecule has 174 valence electrons. The van der Waals surface area contributed by atoms with E-state index in [-0.39, 0.29) is 17.2 Å². The highest BCUT2D eigenvalue weighted by atomic mass is 35.5. The van der Waals surface area contributed by atoms with Crippen molar-refractivity contribution in [3.8, 4) is 5.88 Å². The molecule has 0 amide bonds. The Hall–Kier alpha value is -1.79. The number of thioether (sulfide) groups is 1. The number of hydrogen-bond acceptors (Lipinski definition) is 4. The molecule has 0 saturated carbocycles. The second-order valence-electron chi connectivity index (χ2n) is 7.87. The second-order valence-corrected chi connectivity index (χ2v) is 10.1. The summed E-state index contributed by atoms with van der Waals surface area (Å²) >= 11 is 14.3. The Bertz CT molecular complexity index is 1090. The number of aromatic nitrogens is 1. The number of nitrogens with one attached hydrogen (secondary N) is 1. The summed E-state index contributed by atoms with van der Waals surface area (Å²) in [4.78, 5) is 5.91. The molecule has 1 aromatic heterocycles. The topological polar surface area (TPSA) is 34.2 Å². The molecule has 2 unspecified atom stereocenters. The predicted molar refractivity (Wildman–Crippen MR) is 135 cm³/mol. The fourth-order valence-electron chi connectivity index (χ4n) is 4.55. The number of ether oxygens (including phenoxy) is 1. The van der Waals surface area contributed by atoms with Crippen LogP contribution in [0.2, 0.25) is 10.0 Å². The van der Waals surface area contributed by atoms with Crippen LogP contribution in [0.5, 0.6) is 5.88 Å². The van der Waals surface area contributed by atoms with E-state index in [1.54, 1.807) is 12.1 Å². The van der Waals surface area contributed by atoms with Gasteiger partial charge in [-0.15, -0.1) is 11.8 Å². The first kappa shape index (κ1) is 24.3. The van der Waals surface area contributed by atoms with E-state index in [4.69, 9.17) is 32.9 Å². The molecular weight excluding hydrogens is 478 g/mol. The van der Waals surface area contributed by atoms with Crippen LogP contribution in [0, 0.1) is 5.82 Å². The number of nitrogens with zero attached hydrogens (tertiary/aromatic N) is 1. The van der Waals surface area contributed by atoms with Crippen molar-refractivity contribution in [1.82, 2.24) is 10.3 Å². The Balaban J connectivity index is 0.00000126. The summed E-state index contributed by atoms with van der Waals surface area (Å²) in [6.07, 6.45) is 2.90. The smallest absolute Gasteiger partial charge is 0.213 e. The highest BCUT2D eigenvalue weighted by Crippen LogP contribution is 2.53. The summed E-state index contributed by atoms with van der Waals surface area (Å²) in [7, 11) is 0. The van der Waals surface area contributed by atoms with Crippen molar-refractivity contribution in [3.05, 3.63) is 87.3 Å². The van der Waals surface area contributed by atoms with Crippen molar-refractivity contribution in [2.45, 2.75) is 55.4 Å². The van der Waals surface area contributed by atoms with E-state index >= 15 is 0 Å². The van der Waals surface area contributed by atoms with Crippen LogP contribution in [0.3, 0.4) is 0 Å². The molecule has 2 aliphatic rings. The van der Waals surface area contributed by atoms with Crippen LogP contribution in [0.1, 0.15) is 43.5 Å². The lowest BCUT2D eigenvalue weighted by Crippen LogP contribution is -2.42. The molecule has 1 N–H and O–H groups in total. The summed E-state index contributed by atoms with van der Waals surface area (Å²) in [5, 5.41) is 4.83. The van der Waals surface area contributed by atoms with Crippen molar-refractivity contribution in [1.29, 1.82) is 0 Å². The first-order chi connectivity index (χ1) is 16.0. The molecule has 1 fully saturated rings. The van der Waals surface area contributed by atoms with Crippen LogP contribution in [0.4, 0.5) is 4.39 Å². The Morgan fingerprint density at radius 3 is 2.55 bits per heavy atom. The highest BCUT2D eigenvalue weighted by molar-refractivity contribution is 8.00. The standard InChI is InChI=1S/C24H21Cl2FN2OS.C2H6/c25-19-2-1-3-20(26)17(19)14-30-23-11-8-18-21(29-23)9-10-22-24(18,12-13-28-22)31-16-6-4-15(27)5-7-16;1-2/h1-8,11,22,28H,9-10,12-14H2;1-2H3. The van der Waals surface area contributed by atoms with Gasteiger partial charge in [0.2, 0.25) is 5.88 Å². The number of aryl methyl sites for hydroxylation is 1. The van der Waals surface area contributed by atoms with E-state index in [1.165, 1.54) is 17.7 Å². The number of rotatable bonds is 5.